The highest BCUT2D eigenvalue weighted by Gasteiger charge is 2.28. The second kappa shape index (κ2) is 18.6. The Labute approximate surface area is 365 Å². The van der Waals surface area contributed by atoms with Crippen LogP contribution in [0.4, 0.5) is 26.7 Å². The number of ether oxygens (including phenoxy) is 1. The fraction of sp³-hybridized carbons (Fsp3) is 0.533. The Kier molecular flexibility index (Phi) is 12.6. The van der Waals surface area contributed by atoms with Crippen molar-refractivity contribution >= 4 is 72.7 Å². The lowest BCUT2D eigenvalue weighted by Crippen LogP contribution is -2.41. The van der Waals surface area contributed by atoms with Crippen LogP contribution in [0.25, 0.3) is 22.1 Å². The lowest BCUT2D eigenvalue weighted by molar-refractivity contribution is 0.0204. The molecule has 4 fully saturated rings. The molecule has 3 N–H and O–H groups in total. The molecule has 16 heteroatoms. The van der Waals surface area contributed by atoms with Crippen LogP contribution in [0, 0.1) is 0 Å². The van der Waals surface area contributed by atoms with Crippen molar-refractivity contribution < 1.29 is 9.53 Å². The molecular formula is C45H56N12O2S2. The van der Waals surface area contributed by atoms with E-state index in [-0.39, 0.29) is 6.09 Å². The van der Waals surface area contributed by atoms with E-state index in [2.05, 4.69) is 58.4 Å². The fourth-order valence-electron chi connectivity index (χ4n) is 8.97. The topological polar surface area (TPSA) is 169 Å². The van der Waals surface area contributed by atoms with Gasteiger partial charge in [-0.25, -0.2) is 14.8 Å². The van der Waals surface area contributed by atoms with Gasteiger partial charge in [0.05, 0.1) is 22.1 Å². The molecule has 1 amide bonds. The largest absolute Gasteiger partial charge is 0.444 e. The van der Waals surface area contributed by atoms with Crippen LogP contribution in [0.3, 0.4) is 0 Å². The highest BCUT2D eigenvalue weighted by molar-refractivity contribution is 7.15. The van der Waals surface area contributed by atoms with E-state index in [1.54, 1.807) is 27.6 Å². The average Bonchev–Trinajstić information content (AvgIpc) is 4.13. The zero-order valence-electron chi connectivity index (χ0n) is 35.4. The number of anilines is 4. The minimum Gasteiger partial charge on any atom is -0.444 e. The highest BCUT2D eigenvalue weighted by atomic mass is 32.1. The predicted molar refractivity (Wildman–Crippen MR) is 243 cm³/mol. The molecule has 0 radical (unpaired) electrons. The van der Waals surface area contributed by atoms with Crippen LogP contribution in [-0.4, -0.2) is 83.1 Å². The van der Waals surface area contributed by atoms with Gasteiger partial charge in [-0.2, -0.15) is 0 Å². The minimum absolute atomic E-state index is 0.229. The van der Waals surface area contributed by atoms with Crippen LogP contribution >= 0.6 is 22.7 Å². The van der Waals surface area contributed by atoms with E-state index >= 15 is 0 Å². The summed E-state index contributed by atoms with van der Waals surface area (Å²) in [5.41, 5.74) is 5.59. The third kappa shape index (κ3) is 10.4. The van der Waals surface area contributed by atoms with Gasteiger partial charge in [0.1, 0.15) is 27.3 Å². The number of carbonyl (C=O) groups excluding carboxylic acids is 1. The molecule has 2 aliphatic carbocycles. The highest BCUT2D eigenvalue weighted by Crippen LogP contribution is 2.39. The summed E-state index contributed by atoms with van der Waals surface area (Å²) >= 11 is 3.29. The van der Waals surface area contributed by atoms with Gasteiger partial charge < -0.3 is 25.6 Å². The molecule has 10 rings (SSSR count). The number of fused-ring (bicyclic) bond motifs is 2. The lowest BCUT2D eigenvalue weighted by atomic mass is 9.90. The molecule has 14 nitrogen and oxygen atoms in total. The molecule has 0 spiro atoms. The summed E-state index contributed by atoms with van der Waals surface area (Å²) in [7, 11) is 0. The lowest BCUT2D eigenvalue weighted by Gasteiger charge is -2.33. The maximum absolute atomic E-state index is 12.4. The van der Waals surface area contributed by atoms with Gasteiger partial charge in [-0.15, -0.1) is 20.4 Å². The van der Waals surface area contributed by atoms with E-state index in [0.717, 1.165) is 79.9 Å². The molecular weight excluding hydrogens is 805 g/mol. The first kappa shape index (κ1) is 41.4. The number of carbonyl (C=O) groups is 1. The molecule has 0 unspecified atom stereocenters. The van der Waals surface area contributed by atoms with Crippen molar-refractivity contribution in [2.75, 3.05) is 36.8 Å². The fourth-order valence-corrected chi connectivity index (χ4v) is 10.8. The Morgan fingerprint density at radius 1 is 0.639 bits per heavy atom. The van der Waals surface area contributed by atoms with Gasteiger partial charge in [-0.1, -0.05) is 48.4 Å². The second-order valence-corrected chi connectivity index (χ2v) is 19.9. The Hall–Kier alpha value is -4.93. The Balaban J connectivity index is 0.000000160. The van der Waals surface area contributed by atoms with E-state index in [4.69, 9.17) is 14.7 Å². The number of pyridine rings is 4. The van der Waals surface area contributed by atoms with Crippen molar-refractivity contribution in [2.45, 2.75) is 127 Å². The first-order chi connectivity index (χ1) is 29.7. The van der Waals surface area contributed by atoms with Gasteiger partial charge in [0.2, 0.25) is 10.3 Å². The SMILES string of the molecule is CC(C)(C)OC(=O)N1CCC(c2cnc3ccc(Nc4nnc(C5CCCC5)s4)nc3c2)CC1.c1nc2ccc(Nc3nnc(C4CCCC4)s3)nc2cc1C1CCNCC1. The molecule has 6 aromatic rings. The standard InChI is InChI=1S/C25H32N6O2S.C20H24N6S/c1-25(2,3)33-24(32)31-12-10-16(11-13-31)18-14-20-19(26-15-18)8-9-21(27-20)28-23-30-29-22(34-23)17-6-4-5-7-17;1-2-4-14(3-1)19-25-26-20(27-19)24-18-6-5-16-17(23-18)11-15(12-22-16)13-7-9-21-10-8-13/h8-9,14-17H,4-7,10-13H2,1-3H3,(H,27,28,30);5-6,11-14,21H,1-4,7-10H2,(H,23,24,26). The third-order valence-electron chi connectivity index (χ3n) is 12.3. The monoisotopic (exact) mass is 860 g/mol. The second-order valence-electron chi connectivity index (χ2n) is 17.9. The van der Waals surface area contributed by atoms with E-state index in [1.807, 2.05) is 57.4 Å². The number of nitrogens with zero attached hydrogens (tertiary/aromatic N) is 9. The van der Waals surface area contributed by atoms with Gasteiger partial charge in [-0.3, -0.25) is 9.97 Å². The number of piperidine rings is 2. The zero-order valence-corrected chi connectivity index (χ0v) is 37.0. The van der Waals surface area contributed by atoms with Crippen molar-refractivity contribution in [1.29, 1.82) is 0 Å². The number of rotatable bonds is 8. The van der Waals surface area contributed by atoms with E-state index in [0.29, 0.717) is 36.8 Å². The Bertz CT molecular complexity index is 2420. The molecule has 2 saturated carbocycles. The van der Waals surface area contributed by atoms with Crippen molar-refractivity contribution in [3.05, 3.63) is 69.9 Å². The number of hydrogen-bond acceptors (Lipinski definition) is 15. The predicted octanol–water partition coefficient (Wildman–Crippen LogP) is 10.3. The zero-order chi connectivity index (χ0) is 41.8. The van der Waals surface area contributed by atoms with E-state index < -0.39 is 5.60 Å². The Morgan fingerprint density at radius 2 is 1.11 bits per heavy atom. The summed E-state index contributed by atoms with van der Waals surface area (Å²) in [4.78, 5) is 33.0. The average molecular weight is 861 g/mol. The Morgan fingerprint density at radius 3 is 1.59 bits per heavy atom. The van der Waals surface area contributed by atoms with Crippen molar-refractivity contribution in [3.63, 3.8) is 0 Å². The molecule has 320 valence electrons. The van der Waals surface area contributed by atoms with Gasteiger partial charge in [0.25, 0.3) is 0 Å². The van der Waals surface area contributed by atoms with Crippen molar-refractivity contribution in [1.82, 2.24) is 50.5 Å². The molecule has 6 aromatic heterocycles. The maximum atomic E-state index is 12.4. The number of amides is 1. The minimum atomic E-state index is -0.472. The quantitative estimate of drug-likeness (QED) is 0.132. The van der Waals surface area contributed by atoms with Gasteiger partial charge in [-0.05, 0) is 145 Å². The normalized spacial score (nSPS) is 18.4. The van der Waals surface area contributed by atoms with Crippen molar-refractivity contribution in [3.8, 4) is 0 Å². The number of hydrogen-bond donors (Lipinski definition) is 3. The van der Waals surface area contributed by atoms with Gasteiger partial charge in [0.15, 0.2) is 0 Å². The molecule has 2 saturated heterocycles. The molecule has 4 aliphatic rings. The van der Waals surface area contributed by atoms with Crippen LogP contribution in [0.1, 0.15) is 143 Å². The number of nitrogens with one attached hydrogen (secondary N) is 3. The van der Waals surface area contributed by atoms with E-state index in [1.165, 1.54) is 75.3 Å². The number of aromatic nitrogens is 8. The summed E-state index contributed by atoms with van der Waals surface area (Å²) < 4.78 is 5.52. The summed E-state index contributed by atoms with van der Waals surface area (Å²) in [6.07, 6.45) is 18.0. The third-order valence-corrected chi connectivity index (χ3v) is 14.3. The van der Waals surface area contributed by atoms with Crippen LogP contribution in [-0.2, 0) is 4.74 Å². The summed E-state index contributed by atoms with van der Waals surface area (Å²) in [5, 5.41) is 31.4. The molecule has 61 heavy (non-hydrogen) atoms. The van der Waals surface area contributed by atoms with Gasteiger partial charge in [0, 0.05) is 37.3 Å². The molecule has 0 atom stereocenters. The molecule has 0 bridgehead atoms. The molecule has 8 heterocycles. The van der Waals surface area contributed by atoms with Crippen LogP contribution in [0.15, 0.2) is 48.8 Å². The van der Waals surface area contributed by atoms with Crippen LogP contribution < -0.4 is 16.0 Å². The summed E-state index contributed by atoms with van der Waals surface area (Å²) in [6, 6.07) is 12.2. The van der Waals surface area contributed by atoms with E-state index in [9.17, 15) is 4.79 Å². The molecule has 0 aromatic carbocycles. The first-order valence-corrected chi connectivity index (χ1v) is 23.8. The maximum Gasteiger partial charge on any atom is 0.410 e. The van der Waals surface area contributed by atoms with Crippen LogP contribution in [0.5, 0.6) is 0 Å². The summed E-state index contributed by atoms with van der Waals surface area (Å²) in [5.74, 6) is 3.65. The van der Waals surface area contributed by atoms with Gasteiger partial charge >= 0.3 is 6.09 Å². The smallest absolute Gasteiger partial charge is 0.410 e. The summed E-state index contributed by atoms with van der Waals surface area (Å²) in [6.45, 7) is 9.23. The first-order valence-electron chi connectivity index (χ1n) is 22.1. The van der Waals surface area contributed by atoms with Crippen molar-refractivity contribution in [2.24, 2.45) is 0 Å². The number of likely N-dealkylation sites (tertiary alicyclic amines) is 1. The van der Waals surface area contributed by atoms with Crippen LogP contribution in [0.2, 0.25) is 0 Å². The molecule has 2 aliphatic heterocycles.